The Bertz CT molecular complexity index is 1230. The van der Waals surface area contributed by atoms with Crippen LogP contribution in [-0.2, 0) is 10.0 Å². The van der Waals surface area contributed by atoms with Gasteiger partial charge in [-0.05, 0) is 54.6 Å². The summed E-state index contributed by atoms with van der Waals surface area (Å²) in [7, 11) is -2.79. The van der Waals surface area contributed by atoms with Gasteiger partial charge in [0.1, 0.15) is 11.6 Å². The number of amides is 1. The molecule has 0 aromatic heterocycles. The molecule has 0 aliphatic heterocycles. The minimum atomic E-state index is -4.12. The second-order valence-electron chi connectivity index (χ2n) is 6.23. The zero-order chi connectivity index (χ0) is 22.6. The molecule has 0 atom stereocenters. The lowest BCUT2D eigenvalue weighted by molar-refractivity contribution is -0.384. The highest BCUT2D eigenvalue weighted by Crippen LogP contribution is 2.29. The predicted octanol–water partition coefficient (Wildman–Crippen LogP) is 3.80. The predicted molar refractivity (Wildman–Crippen MR) is 111 cm³/mol. The fourth-order valence-electron chi connectivity index (χ4n) is 2.62. The van der Waals surface area contributed by atoms with E-state index in [9.17, 15) is 27.7 Å². The first-order chi connectivity index (χ1) is 14.7. The zero-order valence-corrected chi connectivity index (χ0v) is 16.9. The molecule has 0 aliphatic rings. The van der Waals surface area contributed by atoms with Crippen LogP contribution in [0, 0.1) is 15.9 Å². The topological polar surface area (TPSA) is 128 Å². The lowest BCUT2D eigenvalue weighted by Crippen LogP contribution is -2.16. The molecular formula is C20H16FN3O6S. The number of carbonyl (C=O) groups is 1. The number of nitro benzene ring substituents is 1. The van der Waals surface area contributed by atoms with E-state index >= 15 is 0 Å². The summed E-state index contributed by atoms with van der Waals surface area (Å²) in [4.78, 5) is 22.4. The third-order valence-corrected chi connectivity index (χ3v) is 5.55. The summed E-state index contributed by atoms with van der Waals surface area (Å²) in [6.45, 7) is 0. The molecule has 0 bridgehead atoms. The van der Waals surface area contributed by atoms with Crippen LogP contribution in [0.15, 0.2) is 71.6 Å². The minimum Gasteiger partial charge on any atom is -0.495 e. The molecule has 0 fully saturated rings. The number of nitro groups is 1. The second kappa shape index (κ2) is 8.79. The van der Waals surface area contributed by atoms with Gasteiger partial charge in [0.05, 0.1) is 22.6 Å². The van der Waals surface area contributed by atoms with Gasteiger partial charge >= 0.3 is 0 Å². The van der Waals surface area contributed by atoms with E-state index in [1.807, 2.05) is 0 Å². The van der Waals surface area contributed by atoms with E-state index < -0.39 is 26.7 Å². The molecule has 0 aliphatic carbocycles. The van der Waals surface area contributed by atoms with Crippen LogP contribution in [0.5, 0.6) is 5.75 Å². The van der Waals surface area contributed by atoms with Crippen molar-refractivity contribution in [2.45, 2.75) is 4.90 Å². The monoisotopic (exact) mass is 445 g/mol. The van der Waals surface area contributed by atoms with Gasteiger partial charge in [0.2, 0.25) is 0 Å². The number of anilines is 2. The molecule has 0 heterocycles. The van der Waals surface area contributed by atoms with Crippen LogP contribution >= 0.6 is 0 Å². The quantitative estimate of drug-likeness (QED) is 0.421. The summed E-state index contributed by atoms with van der Waals surface area (Å²) < 4.78 is 45.9. The molecule has 9 nitrogen and oxygen atoms in total. The molecule has 1 amide bonds. The van der Waals surface area contributed by atoms with Gasteiger partial charge in [-0.3, -0.25) is 19.6 Å². The number of carbonyl (C=O) groups excluding carboxylic acids is 1. The Hall–Kier alpha value is -3.99. The number of sulfonamides is 1. The summed E-state index contributed by atoms with van der Waals surface area (Å²) in [5.74, 6) is -0.848. The first-order valence-corrected chi connectivity index (χ1v) is 10.2. The van der Waals surface area contributed by atoms with E-state index in [4.69, 9.17) is 4.74 Å². The molecule has 31 heavy (non-hydrogen) atoms. The number of hydrogen-bond donors (Lipinski definition) is 2. The van der Waals surface area contributed by atoms with Crippen molar-refractivity contribution in [2.75, 3.05) is 17.1 Å². The number of methoxy groups -OCH3 is 1. The van der Waals surface area contributed by atoms with Gasteiger partial charge in [-0.2, -0.15) is 0 Å². The molecule has 160 valence electrons. The minimum absolute atomic E-state index is 0.00684. The fraction of sp³-hybridized carbons (Fsp3) is 0.0500. The number of ether oxygens (including phenoxy) is 1. The Kier molecular flexibility index (Phi) is 6.16. The maximum Gasteiger partial charge on any atom is 0.269 e. The van der Waals surface area contributed by atoms with Crippen LogP contribution in [0.25, 0.3) is 0 Å². The van der Waals surface area contributed by atoms with E-state index in [1.54, 1.807) is 0 Å². The first kappa shape index (κ1) is 21.7. The van der Waals surface area contributed by atoms with Gasteiger partial charge in [0.25, 0.3) is 21.6 Å². The highest BCUT2D eigenvalue weighted by molar-refractivity contribution is 7.92. The van der Waals surface area contributed by atoms with Gasteiger partial charge < -0.3 is 10.1 Å². The fourth-order valence-corrected chi connectivity index (χ4v) is 3.68. The number of halogens is 1. The summed E-state index contributed by atoms with van der Waals surface area (Å²) in [5, 5.41) is 13.3. The smallest absolute Gasteiger partial charge is 0.269 e. The van der Waals surface area contributed by atoms with Gasteiger partial charge in [-0.15, -0.1) is 0 Å². The van der Waals surface area contributed by atoms with Gasteiger partial charge in [-0.25, -0.2) is 12.8 Å². The lowest BCUT2D eigenvalue weighted by atomic mass is 10.1. The molecule has 0 saturated heterocycles. The number of nitrogens with one attached hydrogen (secondary N) is 2. The van der Waals surface area contributed by atoms with Crippen LogP contribution < -0.4 is 14.8 Å². The number of nitrogens with zero attached hydrogens (tertiary/aromatic N) is 1. The average Bonchev–Trinajstić information content (AvgIpc) is 2.75. The summed E-state index contributed by atoms with van der Waals surface area (Å²) in [6.07, 6.45) is 0. The van der Waals surface area contributed by atoms with Crippen LogP contribution in [0.4, 0.5) is 21.5 Å². The summed E-state index contributed by atoms with van der Waals surface area (Å²) >= 11 is 0. The molecule has 0 unspecified atom stereocenters. The maximum atomic E-state index is 13.0. The van der Waals surface area contributed by atoms with Crippen molar-refractivity contribution < 1.29 is 27.3 Å². The second-order valence-corrected chi connectivity index (χ2v) is 7.91. The number of hydrogen-bond acceptors (Lipinski definition) is 6. The van der Waals surface area contributed by atoms with E-state index in [1.165, 1.54) is 49.6 Å². The molecule has 3 rings (SSSR count). The number of rotatable bonds is 7. The van der Waals surface area contributed by atoms with Crippen LogP contribution in [-0.4, -0.2) is 26.4 Å². The molecule has 0 saturated carbocycles. The Morgan fingerprint density at radius 3 is 2.26 bits per heavy atom. The van der Waals surface area contributed by atoms with Crippen molar-refractivity contribution in [1.29, 1.82) is 0 Å². The Labute approximate surface area is 176 Å². The number of non-ortho nitro benzene ring substituents is 1. The normalized spacial score (nSPS) is 10.9. The van der Waals surface area contributed by atoms with E-state index in [0.29, 0.717) is 5.69 Å². The molecule has 0 spiro atoms. The van der Waals surface area contributed by atoms with Crippen molar-refractivity contribution in [3.05, 3.63) is 88.2 Å². The molecule has 3 aromatic rings. The Balaban J connectivity index is 1.86. The zero-order valence-electron chi connectivity index (χ0n) is 16.0. The summed E-state index contributed by atoms with van der Waals surface area (Å²) in [5.41, 5.74) is 0.213. The van der Waals surface area contributed by atoms with Crippen molar-refractivity contribution >= 4 is 33.0 Å². The Morgan fingerprint density at radius 2 is 1.68 bits per heavy atom. The maximum absolute atomic E-state index is 13.0. The highest BCUT2D eigenvalue weighted by atomic mass is 32.2. The highest BCUT2D eigenvalue weighted by Gasteiger charge is 2.19. The summed E-state index contributed by atoms with van der Waals surface area (Å²) in [6, 6.07) is 13.6. The molecule has 0 radical (unpaired) electrons. The standard InChI is InChI=1S/C20H16FN3O6S/c1-30-19-11-2-13(20(25)22-15-5-3-14(21)4-6-15)12-18(19)23-31(28,29)17-9-7-16(8-10-17)24(26)27/h2-12,23H,1H3,(H,22,25). The SMILES string of the molecule is COc1ccc(C(=O)Nc2ccc(F)cc2)cc1NS(=O)(=O)c1ccc([N+](=O)[O-])cc1. The Morgan fingerprint density at radius 1 is 1.03 bits per heavy atom. The van der Waals surface area contributed by atoms with E-state index in [-0.39, 0.29) is 27.6 Å². The molecule has 3 aromatic carbocycles. The molecular weight excluding hydrogens is 429 g/mol. The average molecular weight is 445 g/mol. The van der Waals surface area contributed by atoms with Crippen molar-refractivity contribution in [3.8, 4) is 5.75 Å². The molecule has 2 N–H and O–H groups in total. The lowest BCUT2D eigenvalue weighted by Gasteiger charge is -2.13. The van der Waals surface area contributed by atoms with Crippen LogP contribution in [0.1, 0.15) is 10.4 Å². The first-order valence-electron chi connectivity index (χ1n) is 8.72. The van der Waals surface area contributed by atoms with Gasteiger partial charge in [0.15, 0.2) is 0 Å². The largest absolute Gasteiger partial charge is 0.495 e. The van der Waals surface area contributed by atoms with Gasteiger partial charge in [0, 0.05) is 23.4 Å². The van der Waals surface area contributed by atoms with Crippen LogP contribution in [0.2, 0.25) is 0 Å². The van der Waals surface area contributed by atoms with Crippen molar-refractivity contribution in [2.24, 2.45) is 0 Å². The van der Waals surface area contributed by atoms with E-state index in [2.05, 4.69) is 10.0 Å². The van der Waals surface area contributed by atoms with Crippen LogP contribution in [0.3, 0.4) is 0 Å². The third-order valence-electron chi connectivity index (χ3n) is 4.17. The third kappa shape index (κ3) is 5.14. The van der Waals surface area contributed by atoms with E-state index in [0.717, 1.165) is 24.3 Å². The molecule has 11 heteroatoms. The van der Waals surface area contributed by atoms with Crippen molar-refractivity contribution in [3.63, 3.8) is 0 Å². The number of benzene rings is 3. The van der Waals surface area contributed by atoms with Gasteiger partial charge in [-0.1, -0.05) is 0 Å². The van der Waals surface area contributed by atoms with Crippen molar-refractivity contribution in [1.82, 2.24) is 0 Å².